The molecule has 1 heterocycles. The molecule has 0 aliphatic carbocycles. The van der Waals surface area contributed by atoms with Crippen molar-refractivity contribution in [2.24, 2.45) is 5.41 Å². The topological polar surface area (TPSA) is 20.3 Å². The van der Waals surface area contributed by atoms with Gasteiger partial charge >= 0.3 is 0 Å². The zero-order valence-corrected chi connectivity index (χ0v) is 11.7. The van der Waals surface area contributed by atoms with Crippen LogP contribution in [0.25, 0.3) is 0 Å². The highest BCUT2D eigenvalue weighted by Crippen LogP contribution is 2.27. The Bertz CT molecular complexity index is 419. The molecule has 0 spiro atoms. The zero-order valence-electron chi connectivity index (χ0n) is 11.7. The third kappa shape index (κ3) is 2.99. The maximum absolute atomic E-state index is 12.0. The van der Waals surface area contributed by atoms with Crippen LogP contribution >= 0.6 is 0 Å². The summed E-state index contributed by atoms with van der Waals surface area (Å²) in [5, 5.41) is 0. The van der Waals surface area contributed by atoms with Crippen LogP contribution in [0.4, 0.5) is 0 Å². The molecule has 18 heavy (non-hydrogen) atoms. The number of likely N-dealkylation sites (tertiary alicyclic amines) is 1. The van der Waals surface area contributed by atoms with Gasteiger partial charge in [0.2, 0.25) is 0 Å². The van der Waals surface area contributed by atoms with Crippen molar-refractivity contribution >= 4 is 5.78 Å². The van der Waals surface area contributed by atoms with E-state index in [1.54, 1.807) is 0 Å². The molecule has 0 amide bonds. The molecule has 2 heteroatoms. The van der Waals surface area contributed by atoms with Crippen LogP contribution in [0, 0.1) is 5.41 Å². The molecule has 0 aromatic heterocycles. The van der Waals surface area contributed by atoms with Crippen molar-refractivity contribution < 1.29 is 4.79 Å². The normalized spacial score (nSPS) is 20.1. The Labute approximate surface area is 110 Å². The highest BCUT2D eigenvalue weighted by molar-refractivity contribution is 5.86. The van der Waals surface area contributed by atoms with Gasteiger partial charge in [-0.1, -0.05) is 45.0 Å². The molecule has 1 aromatic carbocycles. The summed E-state index contributed by atoms with van der Waals surface area (Å²) >= 11 is 0. The monoisotopic (exact) mass is 245 g/mol. The van der Waals surface area contributed by atoms with Gasteiger partial charge in [-0.25, -0.2) is 0 Å². The lowest BCUT2D eigenvalue weighted by Gasteiger charge is -2.35. The Balaban J connectivity index is 1.96. The lowest BCUT2D eigenvalue weighted by atomic mass is 9.81. The van der Waals surface area contributed by atoms with E-state index in [1.807, 2.05) is 0 Å². The van der Waals surface area contributed by atoms with Crippen molar-refractivity contribution in [2.45, 2.75) is 40.2 Å². The van der Waals surface area contributed by atoms with Gasteiger partial charge in [-0.15, -0.1) is 0 Å². The molecular formula is C16H23NO. The number of nitrogens with zero attached hydrogens (tertiary/aromatic N) is 1. The molecule has 1 aliphatic heterocycles. The lowest BCUT2D eigenvalue weighted by Crippen LogP contribution is -2.44. The summed E-state index contributed by atoms with van der Waals surface area (Å²) in [6, 6.07) is 8.74. The number of piperidine rings is 1. The van der Waals surface area contributed by atoms with Gasteiger partial charge in [0.1, 0.15) is 0 Å². The fourth-order valence-corrected chi connectivity index (χ4v) is 2.35. The Morgan fingerprint density at radius 1 is 1.17 bits per heavy atom. The van der Waals surface area contributed by atoms with E-state index in [4.69, 9.17) is 0 Å². The van der Waals surface area contributed by atoms with Crippen molar-refractivity contribution in [2.75, 3.05) is 13.1 Å². The third-order valence-corrected chi connectivity index (χ3v) is 4.01. The minimum Gasteiger partial charge on any atom is -0.298 e. The van der Waals surface area contributed by atoms with Crippen molar-refractivity contribution in [3.63, 3.8) is 0 Å². The van der Waals surface area contributed by atoms with E-state index in [0.29, 0.717) is 12.3 Å². The predicted molar refractivity (Wildman–Crippen MR) is 74.5 cm³/mol. The van der Waals surface area contributed by atoms with Crippen molar-refractivity contribution in [3.8, 4) is 0 Å². The second-order valence-electron chi connectivity index (χ2n) is 5.94. The first-order chi connectivity index (χ1) is 8.51. The first-order valence-electron chi connectivity index (χ1n) is 6.85. The Morgan fingerprint density at radius 3 is 2.33 bits per heavy atom. The van der Waals surface area contributed by atoms with Gasteiger partial charge in [0.15, 0.2) is 5.78 Å². The van der Waals surface area contributed by atoms with Crippen LogP contribution in [0.5, 0.6) is 0 Å². The molecule has 2 nitrogen and oxygen atoms in total. The molecule has 0 N–H and O–H groups in total. The molecular weight excluding hydrogens is 222 g/mol. The summed E-state index contributed by atoms with van der Waals surface area (Å²) in [5.74, 6) is 0.374. The minimum atomic E-state index is -0.122. The van der Waals surface area contributed by atoms with Crippen LogP contribution in [-0.2, 0) is 17.8 Å². The number of carbonyl (C=O) groups is 1. The number of hydrogen-bond acceptors (Lipinski definition) is 2. The largest absolute Gasteiger partial charge is 0.298 e. The smallest absolute Gasteiger partial charge is 0.152 e. The van der Waals surface area contributed by atoms with Gasteiger partial charge in [-0.2, -0.15) is 0 Å². The van der Waals surface area contributed by atoms with Gasteiger partial charge < -0.3 is 0 Å². The van der Waals surface area contributed by atoms with Crippen LogP contribution in [0.1, 0.15) is 38.3 Å². The minimum absolute atomic E-state index is 0.122. The second-order valence-corrected chi connectivity index (χ2v) is 5.94. The number of rotatable bonds is 3. The summed E-state index contributed by atoms with van der Waals surface area (Å²) in [6.45, 7) is 8.80. The summed E-state index contributed by atoms with van der Waals surface area (Å²) in [7, 11) is 0. The summed E-state index contributed by atoms with van der Waals surface area (Å²) < 4.78 is 0. The molecule has 2 rings (SSSR count). The van der Waals surface area contributed by atoms with E-state index in [9.17, 15) is 4.79 Å². The molecule has 0 radical (unpaired) electrons. The molecule has 0 unspecified atom stereocenters. The van der Waals surface area contributed by atoms with Crippen molar-refractivity contribution in [1.82, 2.24) is 4.90 Å². The third-order valence-electron chi connectivity index (χ3n) is 4.01. The standard InChI is InChI=1S/C16H23NO/c1-4-13-5-7-14(8-6-13)11-17-10-9-16(2,3)15(18)12-17/h5-8H,4,9-12H2,1-3H3. The molecule has 1 saturated heterocycles. The van der Waals surface area contributed by atoms with Crippen molar-refractivity contribution in [3.05, 3.63) is 35.4 Å². The van der Waals surface area contributed by atoms with Gasteiger partial charge in [-0.05, 0) is 30.5 Å². The first-order valence-corrected chi connectivity index (χ1v) is 6.85. The zero-order chi connectivity index (χ0) is 13.2. The summed E-state index contributed by atoms with van der Waals surface area (Å²) in [6.07, 6.45) is 2.05. The SMILES string of the molecule is CCc1ccc(CN2CCC(C)(C)C(=O)C2)cc1. The second kappa shape index (κ2) is 5.23. The van der Waals surface area contributed by atoms with E-state index in [1.165, 1.54) is 11.1 Å². The molecule has 1 aliphatic rings. The van der Waals surface area contributed by atoms with E-state index in [2.05, 4.69) is 49.9 Å². The number of aryl methyl sites for hydroxylation is 1. The van der Waals surface area contributed by atoms with Gasteiger partial charge in [0.25, 0.3) is 0 Å². The molecule has 1 aromatic rings. The Morgan fingerprint density at radius 2 is 1.78 bits per heavy atom. The average Bonchev–Trinajstić information content (AvgIpc) is 2.35. The predicted octanol–water partition coefficient (Wildman–Crippen LogP) is 3.05. The van der Waals surface area contributed by atoms with Crippen LogP contribution in [-0.4, -0.2) is 23.8 Å². The molecule has 1 fully saturated rings. The number of hydrogen-bond donors (Lipinski definition) is 0. The van der Waals surface area contributed by atoms with Gasteiger partial charge in [0.05, 0.1) is 6.54 Å². The molecule has 0 atom stereocenters. The van der Waals surface area contributed by atoms with Crippen LogP contribution < -0.4 is 0 Å². The highest BCUT2D eigenvalue weighted by atomic mass is 16.1. The molecule has 0 saturated carbocycles. The van der Waals surface area contributed by atoms with Gasteiger partial charge in [0, 0.05) is 12.0 Å². The summed E-state index contributed by atoms with van der Waals surface area (Å²) in [4.78, 5) is 14.2. The van der Waals surface area contributed by atoms with E-state index < -0.39 is 0 Å². The van der Waals surface area contributed by atoms with E-state index in [0.717, 1.165) is 25.9 Å². The number of Topliss-reactive ketones (excluding diaryl/α,β-unsaturated/α-hetero) is 1. The van der Waals surface area contributed by atoms with Gasteiger partial charge in [-0.3, -0.25) is 9.69 Å². The van der Waals surface area contributed by atoms with Crippen LogP contribution in [0.15, 0.2) is 24.3 Å². The maximum atomic E-state index is 12.0. The average molecular weight is 245 g/mol. The fraction of sp³-hybridized carbons (Fsp3) is 0.562. The number of ketones is 1. The first kappa shape index (κ1) is 13.3. The quantitative estimate of drug-likeness (QED) is 0.815. The maximum Gasteiger partial charge on any atom is 0.152 e. The Hall–Kier alpha value is -1.15. The van der Waals surface area contributed by atoms with E-state index in [-0.39, 0.29) is 5.41 Å². The van der Waals surface area contributed by atoms with Crippen LogP contribution in [0.2, 0.25) is 0 Å². The molecule has 0 bridgehead atoms. The van der Waals surface area contributed by atoms with Crippen LogP contribution in [0.3, 0.4) is 0 Å². The molecule has 98 valence electrons. The Kier molecular flexibility index (Phi) is 3.86. The highest BCUT2D eigenvalue weighted by Gasteiger charge is 2.33. The fourth-order valence-electron chi connectivity index (χ4n) is 2.35. The summed E-state index contributed by atoms with van der Waals surface area (Å²) in [5.41, 5.74) is 2.55. The number of benzene rings is 1. The number of carbonyl (C=O) groups excluding carboxylic acids is 1. The van der Waals surface area contributed by atoms with Crippen molar-refractivity contribution in [1.29, 1.82) is 0 Å². The lowest BCUT2D eigenvalue weighted by molar-refractivity contribution is -0.132. The van der Waals surface area contributed by atoms with E-state index >= 15 is 0 Å².